The number of hydrogen-bond donors (Lipinski definition) is 0. The Labute approximate surface area is 79.9 Å². The van der Waals surface area contributed by atoms with E-state index in [0.29, 0.717) is 0 Å². The second kappa shape index (κ2) is 124. The zero-order chi connectivity index (χ0) is 2.00. The van der Waals surface area contributed by atoms with Crippen molar-refractivity contribution in [2.75, 3.05) is 0 Å². The zero-order valence-electron chi connectivity index (χ0n) is 3.16. The van der Waals surface area contributed by atoms with E-state index in [1.165, 1.54) is 0 Å². The topological polar surface area (TPSA) is 103 Å². The average molecular weight is 195 g/mol. The van der Waals surface area contributed by atoms with Crippen LogP contribution in [0.4, 0.5) is 0 Å². The Morgan fingerprint density at radius 3 is 0.857 bits per heavy atom. The summed E-state index contributed by atoms with van der Waals surface area (Å²) < 4.78 is 7.88. The largest absolute Gasteiger partial charge is 4.00 e. The molecule has 0 aliphatic rings. The van der Waals surface area contributed by atoms with Crippen molar-refractivity contribution in [3.05, 3.63) is 0 Å². The van der Waals surface area contributed by atoms with Crippen molar-refractivity contribution in [2.45, 2.75) is 0 Å². The molecule has 0 spiro atoms. The quantitative estimate of drug-likeness (QED) is 0.461. The van der Waals surface area contributed by atoms with Gasteiger partial charge in [0.2, 0.25) is 0 Å². The van der Waals surface area contributed by atoms with Crippen molar-refractivity contribution >= 4 is 23.1 Å². The summed E-state index contributed by atoms with van der Waals surface area (Å²) in [6.45, 7) is 0. The molecule has 0 heterocycles. The summed E-state index contributed by atoms with van der Waals surface area (Å²) in [5.74, 6) is 0. The minimum Gasteiger partial charge on any atom is 4.00 e. The standard InChI is InChI=1S/Mg.Ni.4O.Ti/q+2;;;3*-2;+4. The van der Waals surface area contributed by atoms with Gasteiger partial charge in [-0.15, -0.1) is 0 Å². The fourth-order valence-corrected chi connectivity index (χ4v) is 0. The van der Waals surface area contributed by atoms with Crippen LogP contribution in [0.2, 0.25) is 0 Å². The Balaban J connectivity index is -0.000000000500. The fraction of sp³-hybridized carbons (Fsp3) is 0. The van der Waals surface area contributed by atoms with Crippen LogP contribution in [-0.2, 0) is 57.4 Å². The first kappa shape index (κ1) is 72.0. The van der Waals surface area contributed by atoms with E-state index in [0.717, 1.165) is 0 Å². The van der Waals surface area contributed by atoms with Gasteiger partial charge in [-0.3, -0.25) is 0 Å². The van der Waals surface area contributed by atoms with Crippen molar-refractivity contribution < 1.29 is 57.4 Å². The minimum atomic E-state index is 0. The Morgan fingerprint density at radius 1 is 0.857 bits per heavy atom. The molecule has 0 aromatic heterocycles. The molecule has 0 radical (unpaired) electrons. The summed E-state index contributed by atoms with van der Waals surface area (Å²) in [6.07, 6.45) is 0. The van der Waals surface area contributed by atoms with Gasteiger partial charge >= 0.3 is 64.1 Å². The molecule has 40 valence electrons. The first-order valence-electron chi connectivity index (χ1n) is 0.129. The molecule has 0 aliphatic heterocycles. The molecular formula is MgNiO4Ti. The Kier molecular flexibility index (Phi) is 1270. The van der Waals surface area contributed by atoms with Crippen LogP contribution in [0.5, 0.6) is 0 Å². The second-order valence-corrected chi connectivity index (χ2v) is 0. The molecule has 0 fully saturated rings. The third kappa shape index (κ3) is 89.4. The van der Waals surface area contributed by atoms with E-state index >= 15 is 0 Å². The maximum Gasteiger partial charge on any atom is 4.00 e. The molecule has 7 heteroatoms. The molecule has 0 aliphatic carbocycles. The van der Waals surface area contributed by atoms with E-state index in [1.54, 1.807) is 0 Å². The van der Waals surface area contributed by atoms with Crippen LogP contribution >= 0.6 is 0 Å². The van der Waals surface area contributed by atoms with Gasteiger partial charge in [-0.25, -0.2) is 0 Å². The fourth-order valence-electron chi connectivity index (χ4n) is 0. The third-order valence-corrected chi connectivity index (χ3v) is 0. The predicted molar refractivity (Wildman–Crippen MR) is 8.50 cm³/mol. The summed E-state index contributed by atoms with van der Waals surface area (Å²) in [4.78, 5) is 0. The number of hydrogen-bond acceptors (Lipinski definition) is 1. The summed E-state index contributed by atoms with van der Waals surface area (Å²) in [6, 6.07) is 0. The van der Waals surface area contributed by atoms with Gasteiger partial charge < -0.3 is 16.4 Å². The molecule has 0 saturated heterocycles. The second-order valence-electron chi connectivity index (χ2n) is 0. The van der Waals surface area contributed by atoms with Crippen molar-refractivity contribution in [1.82, 2.24) is 0 Å². The van der Waals surface area contributed by atoms with Crippen LogP contribution in [0, 0.1) is 0 Å². The summed E-state index contributed by atoms with van der Waals surface area (Å²) >= 11 is 2.62. The van der Waals surface area contributed by atoms with Crippen LogP contribution in [-0.4, -0.2) is 23.1 Å². The first-order chi connectivity index (χ1) is 1.00. The Bertz CT molecular complexity index is 11.7. The Hall–Kier alpha value is 1.65. The van der Waals surface area contributed by atoms with Gasteiger partial charge in [0, 0.05) is 0 Å². The van der Waals surface area contributed by atoms with Crippen molar-refractivity contribution in [3.63, 3.8) is 0 Å². The molecule has 0 aromatic rings. The van der Waals surface area contributed by atoms with Crippen LogP contribution in [0.15, 0.2) is 0 Å². The van der Waals surface area contributed by atoms with Crippen LogP contribution in [0.1, 0.15) is 0 Å². The van der Waals surface area contributed by atoms with E-state index < -0.39 is 0 Å². The van der Waals surface area contributed by atoms with Gasteiger partial charge in [0.15, 0.2) is 0 Å². The van der Waals surface area contributed by atoms with E-state index in [4.69, 9.17) is 3.90 Å². The van der Waals surface area contributed by atoms with E-state index in [-0.39, 0.29) is 61.2 Å². The summed E-state index contributed by atoms with van der Waals surface area (Å²) in [7, 11) is 0. The maximum absolute atomic E-state index is 7.88. The molecule has 0 amide bonds. The monoisotopic (exact) mass is 194 g/mol. The summed E-state index contributed by atoms with van der Waals surface area (Å²) in [5.41, 5.74) is 0. The van der Waals surface area contributed by atoms with E-state index in [2.05, 4.69) is 15.4 Å². The van der Waals surface area contributed by atoms with Gasteiger partial charge in [0.1, 0.15) is 0 Å². The normalized spacial score (nSPS) is 0.857. The van der Waals surface area contributed by atoms with Gasteiger partial charge in [0.05, 0.1) is 0 Å². The van der Waals surface area contributed by atoms with Gasteiger partial charge in [0.25, 0.3) is 0 Å². The first-order valence-corrected chi connectivity index (χ1v) is 0.532. The molecule has 4 nitrogen and oxygen atoms in total. The zero-order valence-corrected chi connectivity index (χ0v) is 7.12. The Morgan fingerprint density at radius 2 is 0.857 bits per heavy atom. The molecule has 0 unspecified atom stereocenters. The van der Waals surface area contributed by atoms with Crippen molar-refractivity contribution in [3.8, 4) is 0 Å². The van der Waals surface area contributed by atoms with E-state index in [1.807, 2.05) is 0 Å². The van der Waals surface area contributed by atoms with Crippen LogP contribution in [0.3, 0.4) is 0 Å². The molecule has 7 heavy (non-hydrogen) atoms. The molecule has 0 aromatic carbocycles. The van der Waals surface area contributed by atoms with Gasteiger partial charge in [-0.05, 0) is 0 Å². The van der Waals surface area contributed by atoms with Crippen LogP contribution in [0.25, 0.3) is 0 Å². The van der Waals surface area contributed by atoms with Gasteiger partial charge in [-0.1, -0.05) is 0 Å². The van der Waals surface area contributed by atoms with Crippen molar-refractivity contribution in [2.24, 2.45) is 0 Å². The molecule has 0 saturated carbocycles. The smallest absolute Gasteiger partial charge is 4.00 e. The molecule has 0 rings (SSSR count). The molecule has 0 atom stereocenters. The molecule has 0 N–H and O–H groups in total. The van der Waals surface area contributed by atoms with Crippen molar-refractivity contribution in [1.29, 1.82) is 0 Å². The predicted octanol–water partition coefficient (Wildman–Crippen LogP) is -0.861. The average Bonchev–Trinajstić information content (AvgIpc) is 1.00. The van der Waals surface area contributed by atoms with Gasteiger partial charge in [-0.2, -0.15) is 0 Å². The summed E-state index contributed by atoms with van der Waals surface area (Å²) in [5, 5.41) is 0. The maximum atomic E-state index is 7.88. The van der Waals surface area contributed by atoms with E-state index in [9.17, 15) is 0 Å². The molecule has 0 bridgehead atoms. The minimum absolute atomic E-state index is 0. The third-order valence-electron chi connectivity index (χ3n) is 0. The molecular weight excluding hydrogens is 195 g/mol. The van der Waals surface area contributed by atoms with Crippen LogP contribution < -0.4 is 0 Å². The number of rotatable bonds is 0. The SMILES string of the molecule is [Mg+2].[O-2].[O-2].[O-2].[O]=[Ni].[Ti+4].